The fraction of sp³-hybridized carbons (Fsp3) is 0.450. The van der Waals surface area contributed by atoms with E-state index in [-0.39, 0.29) is 47.1 Å². The highest BCUT2D eigenvalue weighted by Gasteiger charge is 2.48. The third-order valence-corrected chi connectivity index (χ3v) is 6.33. The van der Waals surface area contributed by atoms with Gasteiger partial charge in [-0.15, -0.1) is 0 Å². The van der Waals surface area contributed by atoms with E-state index in [0.29, 0.717) is 11.0 Å². The highest BCUT2D eigenvalue weighted by molar-refractivity contribution is 5.88. The number of anilines is 1. The summed E-state index contributed by atoms with van der Waals surface area (Å²) >= 11 is 0. The number of pyridine rings is 1. The molecule has 3 aliphatic rings. The van der Waals surface area contributed by atoms with Crippen LogP contribution in [0.3, 0.4) is 0 Å². The SMILES string of the molecule is COC(=O)C1C2CCC(CC2)C1Nc1nc(-c2n[nH]c3ncc(F)cc23)ncc1F. The van der Waals surface area contributed by atoms with Crippen molar-refractivity contribution in [2.45, 2.75) is 31.7 Å². The monoisotopic (exact) mass is 414 g/mol. The Hall–Kier alpha value is -3.17. The first-order chi connectivity index (χ1) is 14.5. The Kier molecular flexibility index (Phi) is 4.56. The molecule has 2 bridgehead atoms. The van der Waals surface area contributed by atoms with Gasteiger partial charge in [-0.2, -0.15) is 5.10 Å². The lowest BCUT2D eigenvalue weighted by Crippen LogP contribution is -2.52. The zero-order valence-electron chi connectivity index (χ0n) is 16.2. The fourth-order valence-corrected chi connectivity index (χ4v) is 4.92. The third kappa shape index (κ3) is 3.06. The number of methoxy groups -OCH3 is 1. The summed E-state index contributed by atoms with van der Waals surface area (Å²) in [5.74, 6) is -1.20. The largest absolute Gasteiger partial charge is 0.469 e. The van der Waals surface area contributed by atoms with Gasteiger partial charge in [0, 0.05) is 6.04 Å². The van der Waals surface area contributed by atoms with Crippen molar-refractivity contribution in [1.29, 1.82) is 0 Å². The predicted octanol–water partition coefficient (Wildman–Crippen LogP) is 3.08. The number of hydrogen-bond donors (Lipinski definition) is 2. The molecule has 6 rings (SSSR count). The number of nitrogens with zero attached hydrogens (tertiary/aromatic N) is 4. The molecule has 3 fully saturated rings. The minimum absolute atomic E-state index is 0.00744. The van der Waals surface area contributed by atoms with E-state index in [2.05, 4.69) is 30.5 Å². The molecule has 30 heavy (non-hydrogen) atoms. The highest BCUT2D eigenvalue weighted by atomic mass is 19.1. The van der Waals surface area contributed by atoms with E-state index in [9.17, 15) is 13.6 Å². The van der Waals surface area contributed by atoms with Crippen molar-refractivity contribution in [3.05, 3.63) is 30.1 Å². The second kappa shape index (κ2) is 7.26. The zero-order chi connectivity index (χ0) is 20.8. The van der Waals surface area contributed by atoms with Gasteiger partial charge in [-0.05, 0) is 43.6 Å². The van der Waals surface area contributed by atoms with E-state index in [0.717, 1.165) is 38.1 Å². The molecule has 2 unspecified atom stereocenters. The molecule has 0 amide bonds. The molecule has 8 nitrogen and oxygen atoms in total. The summed E-state index contributed by atoms with van der Waals surface area (Å²) in [6.45, 7) is 0. The number of nitrogens with one attached hydrogen (secondary N) is 2. The van der Waals surface area contributed by atoms with Gasteiger partial charge in [0.15, 0.2) is 23.1 Å². The number of aromatic nitrogens is 5. The topological polar surface area (TPSA) is 106 Å². The van der Waals surface area contributed by atoms with Crippen LogP contribution in [0.25, 0.3) is 22.6 Å². The zero-order valence-corrected chi connectivity index (χ0v) is 16.2. The minimum Gasteiger partial charge on any atom is -0.469 e. The van der Waals surface area contributed by atoms with E-state index in [1.165, 1.54) is 13.2 Å². The fourth-order valence-electron chi connectivity index (χ4n) is 4.92. The van der Waals surface area contributed by atoms with Crippen LogP contribution in [-0.4, -0.2) is 44.3 Å². The van der Waals surface area contributed by atoms with Crippen molar-refractivity contribution in [1.82, 2.24) is 25.1 Å². The quantitative estimate of drug-likeness (QED) is 0.632. The standard InChI is InChI=1S/C20H20F2N6O2/c1-30-20(29)14-9-2-4-10(5-3-9)15(14)25-18-13(22)8-24-19(26-18)16-12-6-11(21)7-23-17(12)28-27-16/h6-10,14-15H,2-5H2,1H3,(H,23,27,28)(H,24,25,26). The van der Waals surface area contributed by atoms with Gasteiger partial charge in [0.05, 0.1) is 30.8 Å². The summed E-state index contributed by atoms with van der Waals surface area (Å²) in [6.07, 6.45) is 6.02. The summed E-state index contributed by atoms with van der Waals surface area (Å²) in [5.41, 5.74) is 0.652. The van der Waals surface area contributed by atoms with Crippen molar-refractivity contribution in [3.8, 4) is 11.5 Å². The second-order valence-corrected chi connectivity index (χ2v) is 7.91. The van der Waals surface area contributed by atoms with Crippen LogP contribution in [-0.2, 0) is 9.53 Å². The van der Waals surface area contributed by atoms with Crippen LogP contribution in [0.15, 0.2) is 18.5 Å². The van der Waals surface area contributed by atoms with Crippen LogP contribution in [0.2, 0.25) is 0 Å². The van der Waals surface area contributed by atoms with E-state index in [4.69, 9.17) is 4.74 Å². The Morgan fingerprint density at radius 1 is 1.17 bits per heavy atom. The van der Waals surface area contributed by atoms with Crippen LogP contribution in [0.5, 0.6) is 0 Å². The maximum atomic E-state index is 14.6. The third-order valence-electron chi connectivity index (χ3n) is 6.33. The van der Waals surface area contributed by atoms with Gasteiger partial charge in [-0.1, -0.05) is 0 Å². The molecular formula is C20H20F2N6O2. The number of carbonyl (C=O) groups is 1. The van der Waals surface area contributed by atoms with E-state index in [1.807, 2.05) is 0 Å². The number of rotatable bonds is 4. The van der Waals surface area contributed by atoms with Crippen molar-refractivity contribution in [2.75, 3.05) is 12.4 Å². The number of fused-ring (bicyclic) bond motifs is 4. The summed E-state index contributed by atoms with van der Waals surface area (Å²) < 4.78 is 33.3. The Balaban J connectivity index is 1.50. The van der Waals surface area contributed by atoms with Crippen molar-refractivity contribution < 1.29 is 18.3 Å². The first-order valence-corrected chi connectivity index (χ1v) is 9.92. The maximum Gasteiger partial charge on any atom is 0.311 e. The van der Waals surface area contributed by atoms with Gasteiger partial charge in [0.1, 0.15) is 11.5 Å². The van der Waals surface area contributed by atoms with Crippen molar-refractivity contribution in [3.63, 3.8) is 0 Å². The van der Waals surface area contributed by atoms with Gasteiger partial charge in [0.2, 0.25) is 0 Å². The molecule has 156 valence electrons. The van der Waals surface area contributed by atoms with Gasteiger partial charge in [0.25, 0.3) is 0 Å². The first-order valence-electron chi connectivity index (χ1n) is 9.92. The van der Waals surface area contributed by atoms with Crippen molar-refractivity contribution >= 4 is 22.8 Å². The number of aromatic amines is 1. The smallest absolute Gasteiger partial charge is 0.311 e. The minimum atomic E-state index is -0.632. The van der Waals surface area contributed by atoms with Crippen LogP contribution in [0.4, 0.5) is 14.6 Å². The molecule has 3 aromatic rings. The summed E-state index contributed by atoms with van der Waals surface area (Å²) in [4.78, 5) is 24.7. The normalized spacial score (nSPS) is 25.4. The molecule has 0 aromatic carbocycles. The van der Waals surface area contributed by atoms with E-state index < -0.39 is 11.6 Å². The van der Waals surface area contributed by atoms with Crippen LogP contribution >= 0.6 is 0 Å². The molecule has 3 aromatic heterocycles. The number of H-pyrrole nitrogens is 1. The molecule has 3 aliphatic carbocycles. The average molecular weight is 414 g/mol. The lowest BCUT2D eigenvalue weighted by Gasteiger charge is -2.47. The van der Waals surface area contributed by atoms with Gasteiger partial charge >= 0.3 is 5.97 Å². The first kappa shape index (κ1) is 18.8. The molecule has 3 saturated carbocycles. The number of carbonyl (C=O) groups excluding carboxylic acids is 1. The van der Waals surface area contributed by atoms with E-state index >= 15 is 0 Å². The molecule has 0 radical (unpaired) electrons. The van der Waals surface area contributed by atoms with E-state index in [1.54, 1.807) is 0 Å². The van der Waals surface area contributed by atoms with Gasteiger partial charge in [-0.3, -0.25) is 9.89 Å². The molecule has 3 heterocycles. The number of ether oxygens (including phenoxy) is 1. The number of hydrogen-bond acceptors (Lipinski definition) is 7. The highest BCUT2D eigenvalue weighted by Crippen LogP contribution is 2.46. The second-order valence-electron chi connectivity index (χ2n) is 7.91. The molecule has 2 atom stereocenters. The summed E-state index contributed by atoms with van der Waals surface area (Å²) in [6, 6.07) is 1.01. The van der Waals surface area contributed by atoms with Crippen molar-refractivity contribution in [2.24, 2.45) is 17.8 Å². The summed E-state index contributed by atoms with van der Waals surface area (Å²) in [7, 11) is 1.38. The van der Waals surface area contributed by atoms with Gasteiger partial charge < -0.3 is 10.1 Å². The lowest BCUT2D eigenvalue weighted by atomic mass is 9.61. The molecule has 10 heteroatoms. The Morgan fingerprint density at radius 2 is 1.93 bits per heavy atom. The maximum absolute atomic E-state index is 14.6. The number of esters is 1. The Bertz CT molecular complexity index is 1110. The van der Waals surface area contributed by atoms with Crippen LogP contribution in [0.1, 0.15) is 25.7 Å². The van der Waals surface area contributed by atoms with Gasteiger partial charge in [-0.25, -0.2) is 23.7 Å². The molecule has 0 aliphatic heterocycles. The average Bonchev–Trinajstić information content (AvgIpc) is 3.18. The summed E-state index contributed by atoms with van der Waals surface area (Å²) in [5, 5.41) is 10.4. The molecular weight excluding hydrogens is 394 g/mol. The van der Waals surface area contributed by atoms with Crippen LogP contribution in [0, 0.1) is 29.4 Å². The van der Waals surface area contributed by atoms with Crippen LogP contribution < -0.4 is 5.32 Å². The Labute approximate surface area is 170 Å². The Morgan fingerprint density at radius 3 is 2.70 bits per heavy atom. The molecule has 0 spiro atoms. The molecule has 2 N–H and O–H groups in total. The lowest BCUT2D eigenvalue weighted by molar-refractivity contribution is -0.152. The molecule has 0 saturated heterocycles. The predicted molar refractivity (Wildman–Crippen MR) is 103 cm³/mol. The number of halogens is 2.